The lowest BCUT2D eigenvalue weighted by Crippen LogP contribution is -2.45. The molecule has 1 aliphatic carbocycles. The summed E-state index contributed by atoms with van der Waals surface area (Å²) in [6.45, 7) is 2.80. The van der Waals surface area contributed by atoms with Crippen LogP contribution in [0.5, 0.6) is 0 Å². The number of nitrogens with zero attached hydrogens (tertiary/aromatic N) is 1. The van der Waals surface area contributed by atoms with Gasteiger partial charge in [-0.15, -0.1) is 0 Å². The van der Waals surface area contributed by atoms with E-state index in [2.05, 4.69) is 21.9 Å². The Hall–Kier alpha value is -1.23. The number of carbonyl (C=O) groups excluding carboxylic acids is 1. The van der Waals surface area contributed by atoms with E-state index >= 15 is 0 Å². The number of aryl methyl sites for hydroxylation is 1. The summed E-state index contributed by atoms with van der Waals surface area (Å²) in [7, 11) is 1.82. The Labute approximate surface area is 125 Å². The van der Waals surface area contributed by atoms with Crippen LogP contribution in [0.3, 0.4) is 0 Å². The van der Waals surface area contributed by atoms with E-state index in [0.29, 0.717) is 5.56 Å². The first-order valence-electron chi connectivity index (χ1n) is 7.14. The van der Waals surface area contributed by atoms with Crippen LogP contribution in [0.1, 0.15) is 42.2 Å². The molecule has 0 aliphatic heterocycles. The third-order valence-corrected chi connectivity index (χ3v) is 5.45. The molecule has 1 aliphatic rings. The zero-order valence-corrected chi connectivity index (χ0v) is 13.3. The Kier molecular flexibility index (Phi) is 4.91. The van der Waals surface area contributed by atoms with Gasteiger partial charge in [-0.25, -0.2) is 4.98 Å². The predicted molar refractivity (Wildman–Crippen MR) is 85.6 cm³/mol. The maximum absolute atomic E-state index is 12.3. The lowest BCUT2D eigenvalue weighted by molar-refractivity contribution is 0.0943. The molecule has 0 atom stereocenters. The maximum atomic E-state index is 12.3. The Bertz CT molecular complexity index is 458. The summed E-state index contributed by atoms with van der Waals surface area (Å²) < 4.78 is 0.266. The fraction of sp³-hybridized carbons (Fsp3) is 0.600. The number of hydrogen-bond donors (Lipinski definition) is 2. The summed E-state index contributed by atoms with van der Waals surface area (Å²) in [6, 6.07) is 3.68. The molecule has 5 heteroatoms. The Morgan fingerprint density at radius 3 is 2.70 bits per heavy atom. The number of amides is 1. The summed E-state index contributed by atoms with van der Waals surface area (Å²) >= 11 is 1.87. The Morgan fingerprint density at radius 2 is 2.20 bits per heavy atom. The van der Waals surface area contributed by atoms with E-state index in [4.69, 9.17) is 0 Å². The van der Waals surface area contributed by atoms with E-state index in [1.807, 2.05) is 31.8 Å². The van der Waals surface area contributed by atoms with E-state index in [-0.39, 0.29) is 10.7 Å². The predicted octanol–water partition coefficient (Wildman–Crippen LogP) is 2.70. The van der Waals surface area contributed by atoms with Crippen LogP contribution in [-0.4, -0.2) is 35.5 Å². The molecule has 0 radical (unpaired) electrons. The highest BCUT2D eigenvalue weighted by Crippen LogP contribution is 2.42. The molecule has 4 nitrogen and oxygen atoms in total. The van der Waals surface area contributed by atoms with Crippen molar-refractivity contribution < 1.29 is 4.79 Å². The summed E-state index contributed by atoms with van der Waals surface area (Å²) in [5, 5.41) is 6.09. The number of rotatable bonds is 6. The van der Waals surface area contributed by atoms with Crippen molar-refractivity contribution in [2.45, 2.75) is 37.4 Å². The molecule has 1 aromatic rings. The van der Waals surface area contributed by atoms with Crippen LogP contribution in [0.25, 0.3) is 0 Å². The van der Waals surface area contributed by atoms with Crippen LogP contribution in [0.15, 0.2) is 12.1 Å². The number of hydrogen-bond acceptors (Lipinski definition) is 4. The molecule has 0 aromatic carbocycles. The van der Waals surface area contributed by atoms with Crippen LogP contribution in [0.2, 0.25) is 0 Å². The Balaban J connectivity index is 2.04. The topological polar surface area (TPSA) is 54.0 Å². The fourth-order valence-corrected chi connectivity index (χ4v) is 3.31. The van der Waals surface area contributed by atoms with Gasteiger partial charge >= 0.3 is 0 Å². The van der Waals surface area contributed by atoms with Crippen molar-refractivity contribution in [1.29, 1.82) is 0 Å². The first-order chi connectivity index (χ1) is 9.62. The second kappa shape index (κ2) is 6.48. The fourth-order valence-electron chi connectivity index (χ4n) is 2.40. The zero-order valence-electron chi connectivity index (χ0n) is 12.5. The third-order valence-electron chi connectivity index (χ3n) is 4.03. The van der Waals surface area contributed by atoms with Gasteiger partial charge in [-0.05, 0) is 37.7 Å². The van der Waals surface area contributed by atoms with E-state index in [0.717, 1.165) is 24.5 Å². The molecular formula is C15H23N3OS. The van der Waals surface area contributed by atoms with Crippen LogP contribution < -0.4 is 10.6 Å². The smallest absolute Gasteiger partial charge is 0.251 e. The van der Waals surface area contributed by atoms with E-state index in [1.165, 1.54) is 19.3 Å². The highest BCUT2D eigenvalue weighted by atomic mass is 32.2. The minimum atomic E-state index is -0.000995. The summed E-state index contributed by atoms with van der Waals surface area (Å²) in [4.78, 5) is 16.7. The van der Waals surface area contributed by atoms with Crippen molar-refractivity contribution in [1.82, 2.24) is 10.3 Å². The van der Waals surface area contributed by atoms with Gasteiger partial charge in [-0.2, -0.15) is 11.8 Å². The molecule has 0 bridgehead atoms. The number of carbonyl (C=O) groups is 1. The molecule has 1 fully saturated rings. The number of anilines is 1. The first kappa shape index (κ1) is 15.2. The van der Waals surface area contributed by atoms with Gasteiger partial charge in [0.2, 0.25) is 0 Å². The van der Waals surface area contributed by atoms with E-state index in [1.54, 1.807) is 6.07 Å². The largest absolute Gasteiger partial charge is 0.373 e. The highest BCUT2D eigenvalue weighted by Gasteiger charge is 2.36. The molecule has 0 unspecified atom stereocenters. The molecule has 1 heterocycles. The van der Waals surface area contributed by atoms with Gasteiger partial charge in [0.1, 0.15) is 5.82 Å². The molecule has 1 saturated carbocycles. The van der Waals surface area contributed by atoms with Gasteiger partial charge in [-0.1, -0.05) is 13.3 Å². The van der Waals surface area contributed by atoms with Crippen molar-refractivity contribution >= 4 is 23.5 Å². The van der Waals surface area contributed by atoms with Crippen LogP contribution in [0.4, 0.5) is 5.82 Å². The second-order valence-corrected chi connectivity index (χ2v) is 6.53. The van der Waals surface area contributed by atoms with Crippen molar-refractivity contribution in [3.8, 4) is 0 Å². The number of pyridine rings is 1. The van der Waals surface area contributed by atoms with Gasteiger partial charge in [0.05, 0.1) is 0 Å². The van der Waals surface area contributed by atoms with E-state index < -0.39 is 0 Å². The summed E-state index contributed by atoms with van der Waals surface area (Å²) in [6.07, 6.45) is 6.63. The molecule has 1 amide bonds. The van der Waals surface area contributed by atoms with Gasteiger partial charge in [0.25, 0.3) is 5.91 Å². The van der Waals surface area contributed by atoms with Crippen LogP contribution in [0, 0.1) is 0 Å². The molecular weight excluding hydrogens is 270 g/mol. The first-order valence-corrected chi connectivity index (χ1v) is 8.37. The average Bonchev–Trinajstić information content (AvgIpc) is 2.45. The zero-order chi connectivity index (χ0) is 14.6. The van der Waals surface area contributed by atoms with Crippen molar-refractivity contribution in [3.63, 3.8) is 0 Å². The molecule has 20 heavy (non-hydrogen) atoms. The SMILES string of the molecule is CCc1cc(C(=O)NCC2(SC)CCC2)cc(NC)n1. The second-order valence-electron chi connectivity index (χ2n) is 5.26. The summed E-state index contributed by atoms with van der Waals surface area (Å²) in [5.74, 6) is 0.747. The minimum Gasteiger partial charge on any atom is -0.373 e. The quantitative estimate of drug-likeness (QED) is 0.847. The number of thioether (sulfide) groups is 1. The molecule has 2 N–H and O–H groups in total. The highest BCUT2D eigenvalue weighted by molar-refractivity contribution is 8.00. The third kappa shape index (κ3) is 3.26. The lowest BCUT2D eigenvalue weighted by Gasteiger charge is -2.40. The molecule has 110 valence electrons. The standard InChI is InChI=1S/C15H23N3OS/c1-4-12-8-11(9-13(16-2)18-12)14(19)17-10-15(20-3)6-5-7-15/h8-9H,4-7,10H2,1-3H3,(H,16,18)(H,17,19). The monoisotopic (exact) mass is 293 g/mol. The minimum absolute atomic E-state index is 0.000995. The van der Waals surface area contributed by atoms with Gasteiger partial charge in [0.15, 0.2) is 0 Å². The van der Waals surface area contributed by atoms with Crippen molar-refractivity contribution in [3.05, 3.63) is 23.4 Å². The van der Waals surface area contributed by atoms with Crippen LogP contribution in [-0.2, 0) is 6.42 Å². The molecule has 1 aromatic heterocycles. The van der Waals surface area contributed by atoms with Gasteiger partial charge in [-0.3, -0.25) is 4.79 Å². The van der Waals surface area contributed by atoms with Crippen molar-refractivity contribution in [2.24, 2.45) is 0 Å². The van der Waals surface area contributed by atoms with Gasteiger partial charge in [0, 0.05) is 29.6 Å². The van der Waals surface area contributed by atoms with Crippen molar-refractivity contribution in [2.75, 3.05) is 25.2 Å². The molecule has 0 spiro atoms. The Morgan fingerprint density at radius 1 is 1.45 bits per heavy atom. The van der Waals surface area contributed by atoms with E-state index in [9.17, 15) is 4.79 Å². The normalized spacial score (nSPS) is 16.4. The molecule has 0 saturated heterocycles. The molecule has 2 rings (SSSR count). The number of nitrogens with one attached hydrogen (secondary N) is 2. The van der Waals surface area contributed by atoms with Gasteiger partial charge < -0.3 is 10.6 Å². The van der Waals surface area contributed by atoms with Crippen LogP contribution >= 0.6 is 11.8 Å². The number of aromatic nitrogens is 1. The lowest BCUT2D eigenvalue weighted by atomic mass is 9.84. The summed E-state index contributed by atoms with van der Waals surface area (Å²) in [5.41, 5.74) is 1.63. The maximum Gasteiger partial charge on any atom is 0.251 e. The average molecular weight is 293 g/mol.